The summed E-state index contributed by atoms with van der Waals surface area (Å²) in [7, 11) is -2.43. The number of nitrogens with zero attached hydrogens (tertiary/aromatic N) is 2. The van der Waals surface area contributed by atoms with Crippen LogP contribution in [0.1, 0.15) is 49.7 Å². The molecule has 0 radical (unpaired) electrons. The van der Waals surface area contributed by atoms with Crippen molar-refractivity contribution >= 4 is 62.0 Å². The second-order valence-electron chi connectivity index (χ2n) is 9.87. The first-order valence-electron chi connectivity index (χ1n) is 11.3. The molecule has 13 heteroatoms. The maximum Gasteiger partial charge on any atom is 0.410 e. The number of carbonyl (C=O) groups excluding carboxylic acids is 2. The maximum atomic E-state index is 13.2. The SMILES string of the molecule is CNC(=O)c1[nH]c2c3c(cc(Cl)c2c1Cl)CN(CC1CCCN(C(=O)OC(C)(C)C)C1)S(=O)(=O)N3. The molecule has 1 aromatic carbocycles. The quantitative estimate of drug-likeness (QED) is 0.538. The van der Waals surface area contributed by atoms with E-state index in [1.807, 2.05) is 20.8 Å². The highest BCUT2D eigenvalue weighted by atomic mass is 35.5. The van der Waals surface area contributed by atoms with Gasteiger partial charge in [0.05, 0.1) is 21.2 Å². The molecule has 3 N–H and O–H groups in total. The number of amides is 2. The number of likely N-dealkylation sites (tertiary alicyclic amines) is 1. The summed E-state index contributed by atoms with van der Waals surface area (Å²) >= 11 is 12.9. The molecule has 0 bridgehead atoms. The Kier molecular flexibility index (Phi) is 6.91. The Labute approximate surface area is 214 Å². The third kappa shape index (κ3) is 5.18. The van der Waals surface area contributed by atoms with E-state index < -0.39 is 27.8 Å². The van der Waals surface area contributed by atoms with E-state index in [-0.39, 0.29) is 29.7 Å². The van der Waals surface area contributed by atoms with Gasteiger partial charge in [-0.2, -0.15) is 12.7 Å². The highest BCUT2D eigenvalue weighted by molar-refractivity contribution is 7.90. The average molecular weight is 546 g/mol. The van der Waals surface area contributed by atoms with Crippen LogP contribution in [-0.4, -0.2) is 66.9 Å². The summed E-state index contributed by atoms with van der Waals surface area (Å²) in [6, 6.07) is 1.66. The molecule has 1 saturated heterocycles. The summed E-state index contributed by atoms with van der Waals surface area (Å²) in [6.45, 7) is 6.75. The summed E-state index contributed by atoms with van der Waals surface area (Å²) in [5.74, 6) is -0.489. The predicted octanol–water partition coefficient (Wildman–Crippen LogP) is 3.95. The van der Waals surface area contributed by atoms with Crippen LogP contribution in [0.4, 0.5) is 10.5 Å². The van der Waals surface area contributed by atoms with Crippen molar-refractivity contribution in [1.82, 2.24) is 19.5 Å². The molecule has 1 unspecified atom stereocenters. The number of halogens is 2. The Morgan fingerprint density at radius 2 is 2.00 bits per heavy atom. The number of rotatable bonds is 3. The fraction of sp³-hybridized carbons (Fsp3) is 0.545. The van der Waals surface area contributed by atoms with Gasteiger partial charge in [0.25, 0.3) is 5.91 Å². The van der Waals surface area contributed by atoms with E-state index >= 15 is 0 Å². The zero-order valence-electron chi connectivity index (χ0n) is 20.0. The van der Waals surface area contributed by atoms with Crippen molar-refractivity contribution in [2.75, 3.05) is 31.4 Å². The number of anilines is 1. The first kappa shape index (κ1) is 25.9. The minimum atomic E-state index is -3.89. The van der Waals surface area contributed by atoms with Crippen LogP contribution in [0.15, 0.2) is 6.07 Å². The summed E-state index contributed by atoms with van der Waals surface area (Å²) < 4.78 is 35.8. The van der Waals surface area contributed by atoms with Crippen LogP contribution in [0.5, 0.6) is 0 Å². The van der Waals surface area contributed by atoms with Crippen LogP contribution in [0.2, 0.25) is 10.0 Å². The number of piperidine rings is 1. The third-order valence-electron chi connectivity index (χ3n) is 6.05. The van der Waals surface area contributed by atoms with Gasteiger partial charge in [-0.05, 0) is 51.2 Å². The second kappa shape index (κ2) is 9.34. The van der Waals surface area contributed by atoms with E-state index in [4.69, 9.17) is 27.9 Å². The van der Waals surface area contributed by atoms with E-state index in [9.17, 15) is 18.0 Å². The lowest BCUT2D eigenvalue weighted by atomic mass is 9.98. The smallest absolute Gasteiger partial charge is 0.410 e. The van der Waals surface area contributed by atoms with Gasteiger partial charge in [0.2, 0.25) is 0 Å². The molecule has 2 aliphatic rings. The molecule has 4 rings (SSSR count). The number of fused-ring (bicyclic) bond motifs is 3. The molecule has 1 fully saturated rings. The summed E-state index contributed by atoms with van der Waals surface area (Å²) in [6.07, 6.45) is 1.16. The Bertz CT molecular complexity index is 1290. The van der Waals surface area contributed by atoms with Gasteiger partial charge < -0.3 is 19.9 Å². The second-order valence-corrected chi connectivity index (χ2v) is 12.3. The molecule has 1 aromatic heterocycles. The minimum absolute atomic E-state index is 0.0478. The molecule has 2 amide bonds. The number of nitrogens with one attached hydrogen (secondary N) is 3. The first-order valence-corrected chi connectivity index (χ1v) is 13.5. The topological polar surface area (TPSA) is 124 Å². The van der Waals surface area contributed by atoms with Crippen LogP contribution in [0.25, 0.3) is 10.9 Å². The lowest BCUT2D eigenvalue weighted by Gasteiger charge is -2.37. The fourth-order valence-electron chi connectivity index (χ4n) is 4.50. The van der Waals surface area contributed by atoms with Gasteiger partial charge in [-0.1, -0.05) is 23.2 Å². The standard InChI is InChI=1S/C22H29Cl2N5O5S/c1-22(2,3)34-21(31)28-7-5-6-12(9-28)10-29-11-13-8-14(23)15-16(24)19(20(30)25-4)26-18(15)17(13)27-35(29,32)33/h8,12,26-27H,5-7,9-11H2,1-4H3,(H,25,30). The van der Waals surface area contributed by atoms with Crippen LogP contribution < -0.4 is 10.0 Å². The van der Waals surface area contributed by atoms with Gasteiger partial charge in [-0.25, -0.2) is 4.79 Å². The molecular weight excluding hydrogens is 517 g/mol. The van der Waals surface area contributed by atoms with E-state index in [0.717, 1.165) is 12.8 Å². The van der Waals surface area contributed by atoms with Crippen molar-refractivity contribution in [3.63, 3.8) is 0 Å². The van der Waals surface area contributed by atoms with E-state index in [0.29, 0.717) is 40.3 Å². The number of carbonyl (C=O) groups is 2. The van der Waals surface area contributed by atoms with Crippen molar-refractivity contribution in [3.05, 3.63) is 27.4 Å². The van der Waals surface area contributed by atoms with Gasteiger partial charge >= 0.3 is 16.3 Å². The third-order valence-corrected chi connectivity index (χ3v) is 8.15. The summed E-state index contributed by atoms with van der Waals surface area (Å²) in [4.78, 5) is 29.2. The van der Waals surface area contributed by atoms with E-state index in [1.54, 1.807) is 11.0 Å². The normalized spacial score (nSPS) is 20.3. The lowest BCUT2D eigenvalue weighted by Crippen LogP contribution is -2.48. The molecule has 3 heterocycles. The first-order chi connectivity index (χ1) is 16.3. The van der Waals surface area contributed by atoms with Crippen LogP contribution in [-0.2, 0) is 21.5 Å². The summed E-state index contributed by atoms with van der Waals surface area (Å²) in [5.41, 5.74) is 0.825. The van der Waals surface area contributed by atoms with Crippen molar-refractivity contribution in [2.24, 2.45) is 5.92 Å². The number of aromatic amines is 1. The van der Waals surface area contributed by atoms with Crippen molar-refractivity contribution in [1.29, 1.82) is 0 Å². The number of hydrogen-bond acceptors (Lipinski definition) is 5. The van der Waals surface area contributed by atoms with E-state index in [1.165, 1.54) is 11.4 Å². The predicted molar refractivity (Wildman–Crippen MR) is 135 cm³/mol. The monoisotopic (exact) mass is 545 g/mol. The molecular formula is C22H29Cl2N5O5S. The lowest BCUT2D eigenvalue weighted by molar-refractivity contribution is 0.0157. The largest absolute Gasteiger partial charge is 0.444 e. The van der Waals surface area contributed by atoms with Gasteiger partial charge in [0.1, 0.15) is 11.3 Å². The van der Waals surface area contributed by atoms with Gasteiger partial charge in [0.15, 0.2) is 0 Å². The molecule has 10 nitrogen and oxygen atoms in total. The number of aromatic nitrogens is 1. The van der Waals surface area contributed by atoms with Crippen LogP contribution in [0, 0.1) is 5.92 Å². The molecule has 0 saturated carbocycles. The Morgan fingerprint density at radius 1 is 1.29 bits per heavy atom. The fourth-order valence-corrected chi connectivity index (χ4v) is 6.53. The number of H-pyrrole nitrogens is 1. The molecule has 0 spiro atoms. The van der Waals surface area contributed by atoms with Crippen molar-refractivity contribution < 1.29 is 22.7 Å². The highest BCUT2D eigenvalue weighted by Crippen LogP contribution is 2.42. The molecule has 2 aliphatic heterocycles. The highest BCUT2D eigenvalue weighted by Gasteiger charge is 2.36. The zero-order chi connectivity index (χ0) is 25.7. The molecule has 1 atom stereocenters. The summed E-state index contributed by atoms with van der Waals surface area (Å²) in [5, 5.41) is 3.30. The number of ether oxygens (including phenoxy) is 1. The Hall–Kier alpha value is -2.21. The number of benzene rings is 1. The minimum Gasteiger partial charge on any atom is -0.444 e. The molecule has 2 aromatic rings. The van der Waals surface area contributed by atoms with Gasteiger partial charge in [-0.3, -0.25) is 9.52 Å². The van der Waals surface area contributed by atoms with Gasteiger partial charge in [0, 0.05) is 38.6 Å². The molecule has 0 aliphatic carbocycles. The average Bonchev–Trinajstić information content (AvgIpc) is 3.11. The van der Waals surface area contributed by atoms with Crippen LogP contribution >= 0.6 is 23.2 Å². The number of hydrogen-bond donors (Lipinski definition) is 3. The Balaban J connectivity index is 1.59. The molecule has 35 heavy (non-hydrogen) atoms. The zero-order valence-corrected chi connectivity index (χ0v) is 22.3. The Morgan fingerprint density at radius 3 is 2.66 bits per heavy atom. The molecule has 192 valence electrons. The van der Waals surface area contributed by atoms with Gasteiger partial charge in [-0.15, -0.1) is 0 Å². The van der Waals surface area contributed by atoms with Crippen molar-refractivity contribution in [3.8, 4) is 0 Å². The van der Waals surface area contributed by atoms with Crippen LogP contribution in [0.3, 0.4) is 0 Å². The van der Waals surface area contributed by atoms with Crippen molar-refractivity contribution in [2.45, 2.75) is 45.8 Å². The van der Waals surface area contributed by atoms with E-state index in [2.05, 4.69) is 15.0 Å². The maximum absolute atomic E-state index is 13.2.